The van der Waals surface area contributed by atoms with E-state index in [0.717, 1.165) is 35.8 Å². The average molecular weight is 307 g/mol. The van der Waals surface area contributed by atoms with Crippen LogP contribution in [0, 0.1) is 6.92 Å². The summed E-state index contributed by atoms with van der Waals surface area (Å²) >= 11 is 1.44. The minimum Gasteiger partial charge on any atom is -0.378 e. The van der Waals surface area contributed by atoms with Crippen molar-refractivity contribution in [2.75, 3.05) is 13.7 Å². The highest BCUT2D eigenvalue weighted by molar-refractivity contribution is 7.09. The Morgan fingerprint density at radius 2 is 2.48 bits per heavy atom. The second-order valence-corrected chi connectivity index (χ2v) is 6.03. The van der Waals surface area contributed by atoms with Gasteiger partial charge < -0.3 is 14.2 Å². The lowest BCUT2D eigenvalue weighted by atomic mass is 10.1. The van der Waals surface area contributed by atoms with Gasteiger partial charge in [0.05, 0.1) is 18.3 Å². The zero-order chi connectivity index (χ0) is 14.8. The van der Waals surface area contributed by atoms with Gasteiger partial charge in [-0.05, 0) is 19.8 Å². The molecule has 0 N–H and O–H groups in total. The van der Waals surface area contributed by atoms with E-state index in [0.29, 0.717) is 12.3 Å². The number of hydrogen-bond acceptors (Lipinski definition) is 6. The van der Waals surface area contributed by atoms with Gasteiger partial charge in [-0.25, -0.2) is 4.98 Å². The predicted molar refractivity (Wildman–Crippen MR) is 77.1 cm³/mol. The van der Waals surface area contributed by atoms with Crippen LogP contribution in [0.1, 0.15) is 45.8 Å². The molecule has 3 heterocycles. The minimum atomic E-state index is -0.0508. The number of hydrogen-bond donors (Lipinski definition) is 0. The largest absolute Gasteiger partial charge is 0.378 e. The van der Waals surface area contributed by atoms with Gasteiger partial charge in [-0.2, -0.15) is 0 Å². The Labute approximate surface area is 126 Å². The molecule has 2 aromatic heterocycles. The number of ether oxygens (including phenoxy) is 1. The number of aryl methyl sites for hydroxylation is 1. The van der Waals surface area contributed by atoms with Crippen molar-refractivity contribution in [1.82, 2.24) is 15.0 Å². The van der Waals surface area contributed by atoms with Crippen molar-refractivity contribution in [2.24, 2.45) is 0 Å². The van der Waals surface area contributed by atoms with Crippen LogP contribution in [0.4, 0.5) is 0 Å². The molecule has 0 aromatic carbocycles. The molecule has 0 spiro atoms. The van der Waals surface area contributed by atoms with Gasteiger partial charge in [-0.1, -0.05) is 5.16 Å². The quantitative estimate of drug-likeness (QED) is 0.868. The molecule has 1 aliphatic rings. The Bertz CT molecular complexity index is 637. The number of methoxy groups -OCH3 is 1. The van der Waals surface area contributed by atoms with Gasteiger partial charge in [0.25, 0.3) is 5.91 Å². The Hall–Kier alpha value is -1.73. The maximum absolute atomic E-state index is 12.6. The van der Waals surface area contributed by atoms with Crippen molar-refractivity contribution in [3.63, 3.8) is 0 Å². The van der Waals surface area contributed by atoms with E-state index in [2.05, 4.69) is 10.1 Å². The average Bonchev–Trinajstić information content (AvgIpc) is 3.17. The van der Waals surface area contributed by atoms with Gasteiger partial charge in [-0.15, -0.1) is 11.3 Å². The van der Waals surface area contributed by atoms with Gasteiger partial charge in [0, 0.05) is 25.1 Å². The first-order chi connectivity index (χ1) is 10.2. The molecule has 6 nitrogen and oxygen atoms in total. The molecule has 0 radical (unpaired) electrons. The smallest absolute Gasteiger partial charge is 0.273 e. The zero-order valence-corrected chi connectivity index (χ0v) is 12.9. The summed E-state index contributed by atoms with van der Waals surface area (Å²) in [6, 6.07) is 1.86. The first kappa shape index (κ1) is 14.2. The molecule has 1 amide bonds. The minimum absolute atomic E-state index is 0.0359. The Morgan fingerprint density at radius 3 is 3.19 bits per heavy atom. The fourth-order valence-electron chi connectivity index (χ4n) is 2.59. The molecule has 2 aromatic rings. The Morgan fingerprint density at radius 1 is 1.62 bits per heavy atom. The normalized spacial score (nSPS) is 18.4. The van der Waals surface area contributed by atoms with E-state index in [4.69, 9.17) is 9.26 Å². The monoisotopic (exact) mass is 307 g/mol. The maximum Gasteiger partial charge on any atom is 0.273 e. The van der Waals surface area contributed by atoms with Gasteiger partial charge in [0.15, 0.2) is 5.76 Å². The molecular weight excluding hydrogens is 290 g/mol. The van der Waals surface area contributed by atoms with Gasteiger partial charge >= 0.3 is 0 Å². The molecule has 7 heteroatoms. The highest BCUT2D eigenvalue weighted by atomic mass is 32.1. The number of likely N-dealkylation sites (tertiary alicyclic amines) is 1. The molecular formula is C14H17N3O3S. The van der Waals surface area contributed by atoms with Gasteiger partial charge in [-0.3, -0.25) is 4.79 Å². The number of rotatable bonds is 4. The van der Waals surface area contributed by atoms with Crippen LogP contribution in [0.25, 0.3) is 0 Å². The van der Waals surface area contributed by atoms with E-state index >= 15 is 0 Å². The number of aromatic nitrogens is 2. The molecule has 0 aliphatic carbocycles. The Kier molecular flexibility index (Phi) is 4.03. The van der Waals surface area contributed by atoms with Crippen LogP contribution >= 0.6 is 11.3 Å². The molecule has 3 rings (SSSR count). The van der Waals surface area contributed by atoms with E-state index in [1.807, 2.05) is 17.9 Å². The lowest BCUT2D eigenvalue weighted by Gasteiger charge is -2.21. The van der Waals surface area contributed by atoms with Crippen LogP contribution < -0.4 is 0 Å². The molecule has 0 saturated carbocycles. The van der Waals surface area contributed by atoms with E-state index in [1.165, 1.54) is 11.3 Å². The molecule has 1 saturated heterocycles. The maximum atomic E-state index is 12.6. The zero-order valence-electron chi connectivity index (χ0n) is 12.0. The molecule has 1 fully saturated rings. The SMILES string of the molecule is COCc1nc(C(=O)N2CCCC2c2cc(C)no2)cs1. The topological polar surface area (TPSA) is 68.5 Å². The van der Waals surface area contributed by atoms with Crippen LogP contribution in [0.3, 0.4) is 0 Å². The van der Waals surface area contributed by atoms with Gasteiger partial charge in [0.2, 0.25) is 0 Å². The summed E-state index contributed by atoms with van der Waals surface area (Å²) in [5.74, 6) is 0.704. The first-order valence-electron chi connectivity index (χ1n) is 6.86. The van der Waals surface area contributed by atoms with Crippen LogP contribution in [0.2, 0.25) is 0 Å². The number of amides is 1. The van der Waals surface area contributed by atoms with Crippen LogP contribution in [-0.2, 0) is 11.3 Å². The van der Waals surface area contributed by atoms with Gasteiger partial charge in [0.1, 0.15) is 10.7 Å². The highest BCUT2D eigenvalue weighted by Crippen LogP contribution is 2.33. The summed E-state index contributed by atoms with van der Waals surface area (Å²) in [5, 5.41) is 6.51. The fraction of sp³-hybridized carbons (Fsp3) is 0.500. The van der Waals surface area contributed by atoms with Crippen molar-refractivity contribution >= 4 is 17.2 Å². The van der Waals surface area contributed by atoms with Crippen molar-refractivity contribution in [1.29, 1.82) is 0 Å². The summed E-state index contributed by atoms with van der Waals surface area (Å²) in [4.78, 5) is 18.8. The third kappa shape index (κ3) is 2.84. The number of carbonyl (C=O) groups is 1. The van der Waals surface area contributed by atoms with Crippen LogP contribution in [-0.4, -0.2) is 34.6 Å². The van der Waals surface area contributed by atoms with Crippen molar-refractivity contribution in [3.05, 3.63) is 33.6 Å². The third-order valence-electron chi connectivity index (χ3n) is 3.53. The van der Waals surface area contributed by atoms with Crippen molar-refractivity contribution in [3.8, 4) is 0 Å². The summed E-state index contributed by atoms with van der Waals surface area (Å²) in [6.07, 6.45) is 1.86. The lowest BCUT2D eigenvalue weighted by molar-refractivity contribution is 0.0709. The van der Waals surface area contributed by atoms with Crippen LogP contribution in [0.15, 0.2) is 16.0 Å². The Balaban J connectivity index is 1.79. The van der Waals surface area contributed by atoms with E-state index in [1.54, 1.807) is 12.5 Å². The number of carbonyl (C=O) groups excluding carboxylic acids is 1. The molecule has 21 heavy (non-hydrogen) atoms. The fourth-order valence-corrected chi connectivity index (χ4v) is 3.33. The van der Waals surface area contributed by atoms with E-state index in [9.17, 15) is 4.79 Å². The summed E-state index contributed by atoms with van der Waals surface area (Å²) in [5.41, 5.74) is 1.32. The van der Waals surface area contributed by atoms with Crippen molar-refractivity contribution < 1.29 is 14.1 Å². The number of thiazole rings is 1. The molecule has 1 unspecified atom stereocenters. The molecule has 1 aliphatic heterocycles. The first-order valence-corrected chi connectivity index (χ1v) is 7.74. The van der Waals surface area contributed by atoms with Crippen LogP contribution in [0.5, 0.6) is 0 Å². The third-order valence-corrected chi connectivity index (χ3v) is 4.35. The van der Waals surface area contributed by atoms with E-state index < -0.39 is 0 Å². The molecule has 0 bridgehead atoms. The predicted octanol–water partition coefficient (Wildman–Crippen LogP) is 2.56. The lowest BCUT2D eigenvalue weighted by Crippen LogP contribution is -2.30. The standard InChI is InChI=1S/C14H17N3O3S/c1-9-6-12(20-16-9)11-4-3-5-17(11)14(18)10-8-21-13(15-10)7-19-2/h6,8,11H,3-5,7H2,1-2H3. The summed E-state index contributed by atoms with van der Waals surface area (Å²) in [6.45, 7) is 3.04. The second-order valence-electron chi connectivity index (χ2n) is 5.09. The van der Waals surface area contributed by atoms with E-state index in [-0.39, 0.29) is 11.9 Å². The summed E-state index contributed by atoms with van der Waals surface area (Å²) < 4.78 is 10.4. The second kappa shape index (κ2) is 5.95. The highest BCUT2D eigenvalue weighted by Gasteiger charge is 2.34. The number of nitrogens with zero attached hydrogens (tertiary/aromatic N) is 3. The molecule has 112 valence electrons. The summed E-state index contributed by atoms with van der Waals surface area (Å²) in [7, 11) is 1.62. The van der Waals surface area contributed by atoms with Crippen molar-refractivity contribution in [2.45, 2.75) is 32.4 Å². The molecule has 1 atom stereocenters.